The highest BCUT2D eigenvalue weighted by Crippen LogP contribution is 2.64. The van der Waals surface area contributed by atoms with Crippen molar-refractivity contribution in [1.29, 1.82) is 0 Å². The summed E-state index contributed by atoms with van der Waals surface area (Å²) in [6.45, 7) is 4.54. The van der Waals surface area contributed by atoms with Gasteiger partial charge in [-0.05, 0) is 93.2 Å². The Morgan fingerprint density at radius 3 is 2.25 bits per heavy atom. The number of aliphatic hydroxyl groups is 3. The predicted molar refractivity (Wildman–Crippen MR) is 259 cm³/mol. The molecule has 6 aliphatic rings. The van der Waals surface area contributed by atoms with Crippen LogP contribution in [0.15, 0.2) is 103 Å². The average Bonchev–Trinajstić information content (AvgIpc) is 3.50. The highest BCUT2D eigenvalue weighted by molar-refractivity contribution is 5.94. The summed E-state index contributed by atoms with van der Waals surface area (Å²) in [7, 11) is 0. The van der Waals surface area contributed by atoms with Gasteiger partial charge < -0.3 is 35.4 Å². The molecule has 1 spiro atoms. The molecule has 2 bridgehead atoms. The monoisotopic (exact) mass is 912 g/mol. The number of amides is 2. The third-order valence-electron chi connectivity index (χ3n) is 16.6. The normalized spacial score (nSPS) is 33.7. The van der Waals surface area contributed by atoms with Crippen molar-refractivity contribution in [1.82, 2.24) is 15.5 Å². The Hall–Kier alpha value is -4.50. The van der Waals surface area contributed by atoms with Crippen molar-refractivity contribution in [3.63, 3.8) is 0 Å². The maximum atomic E-state index is 16.3. The maximum Gasteiger partial charge on any atom is 0.229 e. The highest BCUT2D eigenvalue weighted by atomic mass is 16.5. The van der Waals surface area contributed by atoms with E-state index < -0.39 is 47.3 Å². The first-order valence-corrected chi connectivity index (χ1v) is 25.7. The molecule has 12 unspecified atom stereocenters. The lowest BCUT2D eigenvalue weighted by atomic mass is 9.54. The van der Waals surface area contributed by atoms with Crippen molar-refractivity contribution >= 4 is 11.8 Å². The number of hydrogen-bond donors (Lipinski definition) is 5. The minimum atomic E-state index is -1.26. The number of ether oxygens (including phenoxy) is 2. The molecule has 3 saturated heterocycles. The van der Waals surface area contributed by atoms with Crippen LogP contribution in [0.25, 0.3) is 0 Å². The topological polar surface area (TPSA) is 141 Å². The zero-order valence-electron chi connectivity index (χ0n) is 39.3. The van der Waals surface area contributed by atoms with Gasteiger partial charge in [0.25, 0.3) is 0 Å². The second-order valence-electron chi connectivity index (χ2n) is 20.7. The van der Waals surface area contributed by atoms with Crippen LogP contribution in [-0.4, -0.2) is 81.6 Å². The van der Waals surface area contributed by atoms with E-state index in [1.165, 1.54) is 6.42 Å². The molecule has 10 nitrogen and oxygen atoms in total. The second kappa shape index (κ2) is 21.4. The van der Waals surface area contributed by atoms with Crippen LogP contribution in [0, 0.1) is 40.9 Å². The highest BCUT2D eigenvalue weighted by Gasteiger charge is 2.73. The van der Waals surface area contributed by atoms with Crippen LogP contribution in [0.3, 0.4) is 0 Å². The summed E-state index contributed by atoms with van der Waals surface area (Å²) in [5.41, 5.74) is 0.420. The molecule has 6 fully saturated rings. The summed E-state index contributed by atoms with van der Waals surface area (Å²) >= 11 is 0. The summed E-state index contributed by atoms with van der Waals surface area (Å²) in [6.07, 6.45) is 12.3. The van der Waals surface area contributed by atoms with Gasteiger partial charge in [0.05, 0.1) is 48.6 Å². The molecule has 3 saturated carbocycles. The molecular weight excluding hydrogens is 839 g/mol. The van der Waals surface area contributed by atoms with Gasteiger partial charge in [0.1, 0.15) is 11.7 Å². The zero-order chi connectivity index (χ0) is 46.4. The molecule has 10 heteroatoms. The SMILES string of the molecule is C=C1CCC2C(C(=O)NCC(O)c3ccccc3)C3(C(=O)NC4CCC(C#CC5(O)CCCCCCC5)CC3C4)C(C3CCCCC3OCCO)N2C(c2ccccc2)C(c2ccccc2)O1. The number of aliphatic hydroxyl groups excluding tert-OH is 2. The Labute approximate surface area is 398 Å². The van der Waals surface area contributed by atoms with Crippen molar-refractivity contribution in [2.45, 2.75) is 157 Å². The molecule has 0 aromatic heterocycles. The molecule has 3 aliphatic heterocycles. The minimum absolute atomic E-state index is 0.00928. The van der Waals surface area contributed by atoms with E-state index >= 15 is 9.59 Å². The molecule has 3 aromatic carbocycles. The Bertz CT molecular complexity index is 2190. The summed E-state index contributed by atoms with van der Waals surface area (Å²) < 4.78 is 13.8. The van der Waals surface area contributed by atoms with Crippen molar-refractivity contribution in [2.24, 2.45) is 29.1 Å². The number of fused-ring (bicyclic) bond motifs is 4. The first kappa shape index (κ1) is 47.6. The number of nitrogens with zero attached hydrogens (tertiary/aromatic N) is 1. The fourth-order valence-electron chi connectivity index (χ4n) is 13.6. The van der Waals surface area contributed by atoms with Crippen LogP contribution < -0.4 is 10.6 Å². The molecular formula is C57H73N3O7. The molecule has 12 atom stereocenters. The molecule has 0 radical (unpaired) electrons. The van der Waals surface area contributed by atoms with Crippen LogP contribution in [0.4, 0.5) is 0 Å². The van der Waals surface area contributed by atoms with Gasteiger partial charge in [-0.25, -0.2) is 0 Å². The minimum Gasteiger partial charge on any atom is -0.489 e. The van der Waals surface area contributed by atoms with Crippen LogP contribution in [0.2, 0.25) is 0 Å². The summed E-state index contributed by atoms with van der Waals surface area (Å²) in [6, 6.07) is 28.7. The Balaban J connectivity index is 1.25. The Morgan fingerprint density at radius 1 is 0.866 bits per heavy atom. The zero-order valence-corrected chi connectivity index (χ0v) is 39.3. The van der Waals surface area contributed by atoms with Gasteiger partial charge in [-0.15, -0.1) is 0 Å². The van der Waals surface area contributed by atoms with Gasteiger partial charge in [-0.2, -0.15) is 0 Å². The van der Waals surface area contributed by atoms with E-state index in [1.54, 1.807) is 0 Å². The number of hydrogen-bond acceptors (Lipinski definition) is 8. The number of allylic oxidation sites excluding steroid dienone is 1. The van der Waals surface area contributed by atoms with E-state index in [0.29, 0.717) is 49.8 Å². The van der Waals surface area contributed by atoms with E-state index in [4.69, 9.17) is 9.47 Å². The van der Waals surface area contributed by atoms with E-state index in [-0.39, 0.29) is 61.5 Å². The third-order valence-corrected chi connectivity index (χ3v) is 16.6. The Kier molecular flexibility index (Phi) is 15.2. The fraction of sp³-hybridized carbons (Fsp3) is 0.579. The Morgan fingerprint density at radius 2 is 1.54 bits per heavy atom. The average molecular weight is 912 g/mol. The lowest BCUT2D eigenvalue weighted by Crippen LogP contribution is -2.66. The van der Waals surface area contributed by atoms with Gasteiger partial charge in [0, 0.05) is 42.9 Å². The summed E-state index contributed by atoms with van der Waals surface area (Å²) in [4.78, 5) is 34.8. The predicted octanol–water partition coefficient (Wildman–Crippen LogP) is 8.65. The van der Waals surface area contributed by atoms with E-state index in [0.717, 1.165) is 75.3 Å². The third kappa shape index (κ3) is 10.0. The van der Waals surface area contributed by atoms with Crippen molar-refractivity contribution in [3.05, 3.63) is 120 Å². The molecule has 2 amide bonds. The summed E-state index contributed by atoms with van der Waals surface area (Å²) in [5.74, 6) is 6.10. The largest absolute Gasteiger partial charge is 0.489 e. The van der Waals surface area contributed by atoms with Crippen LogP contribution >= 0.6 is 0 Å². The molecule has 3 heterocycles. The van der Waals surface area contributed by atoms with Crippen molar-refractivity contribution in [3.8, 4) is 11.8 Å². The first-order valence-electron chi connectivity index (χ1n) is 25.7. The number of carbonyl (C=O) groups excluding carboxylic acids is 2. The molecule has 358 valence electrons. The molecule has 3 aliphatic carbocycles. The van der Waals surface area contributed by atoms with Crippen LogP contribution in [0.5, 0.6) is 0 Å². The molecule has 3 aromatic rings. The molecule has 9 rings (SSSR count). The number of rotatable bonds is 10. The lowest BCUT2D eigenvalue weighted by molar-refractivity contribution is -0.158. The van der Waals surface area contributed by atoms with E-state index in [2.05, 4.69) is 70.4 Å². The lowest BCUT2D eigenvalue weighted by Gasteiger charge is -2.54. The molecule has 5 N–H and O–H groups in total. The number of nitrogens with one attached hydrogen (secondary N) is 2. The van der Waals surface area contributed by atoms with E-state index in [9.17, 15) is 15.3 Å². The van der Waals surface area contributed by atoms with Gasteiger partial charge in [0.2, 0.25) is 11.8 Å². The van der Waals surface area contributed by atoms with Crippen molar-refractivity contribution < 1.29 is 34.4 Å². The van der Waals surface area contributed by atoms with E-state index in [1.807, 2.05) is 54.6 Å². The second-order valence-corrected chi connectivity index (χ2v) is 20.7. The van der Waals surface area contributed by atoms with Gasteiger partial charge >= 0.3 is 0 Å². The maximum absolute atomic E-state index is 16.3. The summed E-state index contributed by atoms with van der Waals surface area (Å²) in [5, 5.41) is 40.6. The van der Waals surface area contributed by atoms with Gasteiger partial charge in [0.15, 0.2) is 0 Å². The fourth-order valence-corrected chi connectivity index (χ4v) is 13.6. The van der Waals surface area contributed by atoms with Crippen LogP contribution in [-0.2, 0) is 19.1 Å². The van der Waals surface area contributed by atoms with Crippen LogP contribution in [0.1, 0.15) is 144 Å². The smallest absolute Gasteiger partial charge is 0.229 e. The first-order chi connectivity index (χ1) is 32.7. The molecule has 67 heavy (non-hydrogen) atoms. The number of benzene rings is 3. The van der Waals surface area contributed by atoms with Gasteiger partial charge in [-0.1, -0.05) is 142 Å². The standard InChI is InChI=1S/C57H73N3O7/c1-39-26-29-47-50(54(63)58-38-48(62)41-18-8-5-9-19-41)57(44-36-40(27-28-45(37-44)59-55(57)64)30-33-56(65)31-16-3-2-4-17-32-56)53(46-24-14-15-25-49(46)66-35-34-61)60(47)51(42-20-10-6-11-21-42)52(67-39)43-22-12-7-13-23-43/h5-13,18-23,40,44-53,61-62,65H,1-4,14-17,24-29,31-32,34-38H2,(H,58,63)(H,59,64). The number of piperidine rings is 1. The number of carbonyl (C=O) groups is 2. The quantitative estimate of drug-likeness (QED) is 0.128. The van der Waals surface area contributed by atoms with Crippen molar-refractivity contribution in [2.75, 3.05) is 19.8 Å². The van der Waals surface area contributed by atoms with Gasteiger partial charge in [-0.3, -0.25) is 14.5 Å².